The fourth-order valence-electron chi connectivity index (χ4n) is 0.418. The molecule has 0 aromatic carbocycles. The third kappa shape index (κ3) is 8.59. The quantitative estimate of drug-likeness (QED) is 0.477. The summed E-state index contributed by atoms with van der Waals surface area (Å²) in [4.78, 5) is 0. The van der Waals surface area contributed by atoms with Gasteiger partial charge >= 0.3 is 0 Å². The molecule has 0 aromatic rings. The fraction of sp³-hybridized carbons (Fsp3) is 1.00. The van der Waals surface area contributed by atoms with Gasteiger partial charge in [-0.1, -0.05) is 0 Å². The standard InChI is InChI=1S/C5H12O3.Ti/c6-3-1-2-5(8)4-7;/h5-8H,1-4H2;. The zero-order chi connectivity index (χ0) is 6.41. The molecule has 0 saturated carbocycles. The Hall–Kier alpha value is 0.594. The van der Waals surface area contributed by atoms with Gasteiger partial charge in [-0.25, -0.2) is 0 Å². The van der Waals surface area contributed by atoms with Gasteiger partial charge in [0.15, 0.2) is 0 Å². The van der Waals surface area contributed by atoms with Gasteiger partial charge in [0.25, 0.3) is 0 Å². The molecule has 0 rings (SSSR count). The molecule has 9 heavy (non-hydrogen) atoms. The van der Waals surface area contributed by atoms with Crippen LogP contribution in [0, 0.1) is 0 Å². The van der Waals surface area contributed by atoms with E-state index in [-0.39, 0.29) is 34.9 Å². The van der Waals surface area contributed by atoms with Crippen LogP contribution in [0.15, 0.2) is 0 Å². The van der Waals surface area contributed by atoms with Crippen molar-refractivity contribution in [3.05, 3.63) is 0 Å². The van der Waals surface area contributed by atoms with E-state index in [1.54, 1.807) is 0 Å². The summed E-state index contributed by atoms with van der Waals surface area (Å²) in [5, 5.41) is 25.1. The SMILES string of the molecule is OCCCC(O)CO.[Ti]. The molecular formula is C5H12O3Ti. The number of rotatable bonds is 4. The van der Waals surface area contributed by atoms with Crippen molar-refractivity contribution >= 4 is 0 Å². The molecule has 0 aromatic heterocycles. The van der Waals surface area contributed by atoms with E-state index in [9.17, 15) is 0 Å². The summed E-state index contributed by atoms with van der Waals surface area (Å²) in [5.74, 6) is 0. The molecule has 1 atom stereocenters. The van der Waals surface area contributed by atoms with Crippen LogP contribution in [-0.2, 0) is 21.7 Å². The number of hydrogen-bond acceptors (Lipinski definition) is 3. The first-order valence-corrected chi connectivity index (χ1v) is 2.71. The predicted octanol–water partition coefficient (Wildman–Crippen LogP) is -0.890. The van der Waals surface area contributed by atoms with E-state index >= 15 is 0 Å². The number of aliphatic hydroxyl groups excluding tert-OH is 3. The Balaban J connectivity index is 0. The Labute approximate surface area is 69.6 Å². The van der Waals surface area contributed by atoms with Crippen LogP contribution in [0.5, 0.6) is 0 Å². The molecule has 0 amide bonds. The molecule has 3 nitrogen and oxygen atoms in total. The molecule has 4 heteroatoms. The van der Waals surface area contributed by atoms with Crippen LogP contribution in [-0.4, -0.2) is 34.6 Å². The maximum absolute atomic E-state index is 8.63. The van der Waals surface area contributed by atoms with Gasteiger partial charge in [-0.15, -0.1) is 0 Å². The summed E-state index contributed by atoms with van der Waals surface area (Å²) in [7, 11) is 0. The van der Waals surface area contributed by atoms with Gasteiger partial charge in [0, 0.05) is 28.3 Å². The second-order valence-corrected chi connectivity index (χ2v) is 1.70. The van der Waals surface area contributed by atoms with Gasteiger partial charge in [-0.2, -0.15) is 0 Å². The van der Waals surface area contributed by atoms with Gasteiger partial charge in [0.2, 0.25) is 0 Å². The second-order valence-electron chi connectivity index (χ2n) is 1.70. The van der Waals surface area contributed by atoms with E-state index in [4.69, 9.17) is 15.3 Å². The van der Waals surface area contributed by atoms with Crippen molar-refractivity contribution in [1.29, 1.82) is 0 Å². The van der Waals surface area contributed by atoms with E-state index in [1.807, 2.05) is 0 Å². The summed E-state index contributed by atoms with van der Waals surface area (Å²) in [6.07, 6.45) is 0.386. The van der Waals surface area contributed by atoms with Crippen molar-refractivity contribution in [3.63, 3.8) is 0 Å². The molecule has 0 bridgehead atoms. The summed E-state index contributed by atoms with van der Waals surface area (Å²) in [5.41, 5.74) is 0. The average molecular weight is 168 g/mol. The van der Waals surface area contributed by atoms with Gasteiger partial charge in [-0.05, 0) is 12.8 Å². The monoisotopic (exact) mass is 168 g/mol. The molecule has 3 N–H and O–H groups in total. The minimum atomic E-state index is -0.651. The molecule has 0 aliphatic carbocycles. The third-order valence-electron chi connectivity index (χ3n) is 0.906. The molecule has 54 valence electrons. The van der Waals surface area contributed by atoms with Crippen LogP contribution in [0.25, 0.3) is 0 Å². The first-order chi connectivity index (χ1) is 3.81. The van der Waals surface area contributed by atoms with Crippen LogP contribution in [0.2, 0.25) is 0 Å². The van der Waals surface area contributed by atoms with Crippen LogP contribution in [0.3, 0.4) is 0 Å². The smallest absolute Gasteiger partial charge is 0.0771 e. The molecule has 1 unspecified atom stereocenters. The van der Waals surface area contributed by atoms with E-state index in [1.165, 1.54) is 0 Å². The van der Waals surface area contributed by atoms with Crippen molar-refractivity contribution in [2.45, 2.75) is 18.9 Å². The van der Waals surface area contributed by atoms with Crippen molar-refractivity contribution < 1.29 is 37.0 Å². The van der Waals surface area contributed by atoms with Gasteiger partial charge in [-0.3, -0.25) is 0 Å². The maximum atomic E-state index is 8.63. The second kappa shape index (κ2) is 8.59. The van der Waals surface area contributed by atoms with Crippen molar-refractivity contribution in [2.75, 3.05) is 13.2 Å². The summed E-state index contributed by atoms with van der Waals surface area (Å²) < 4.78 is 0. The molecule has 0 radical (unpaired) electrons. The van der Waals surface area contributed by atoms with Crippen LogP contribution >= 0.6 is 0 Å². The first kappa shape index (κ1) is 12.3. The molecule has 0 spiro atoms. The minimum absolute atomic E-state index is 0. The van der Waals surface area contributed by atoms with E-state index in [2.05, 4.69) is 0 Å². The topological polar surface area (TPSA) is 60.7 Å². The Kier molecular flexibility index (Phi) is 11.7. The van der Waals surface area contributed by atoms with Gasteiger partial charge in [0.1, 0.15) is 0 Å². The largest absolute Gasteiger partial charge is 0.396 e. The summed E-state index contributed by atoms with van der Waals surface area (Å²) in [6, 6.07) is 0. The Morgan fingerprint density at radius 3 is 2.11 bits per heavy atom. The van der Waals surface area contributed by atoms with Crippen molar-refractivity contribution in [2.24, 2.45) is 0 Å². The Morgan fingerprint density at radius 2 is 1.78 bits per heavy atom. The van der Waals surface area contributed by atoms with Crippen LogP contribution < -0.4 is 0 Å². The van der Waals surface area contributed by atoms with E-state index in [0.717, 1.165) is 0 Å². The van der Waals surface area contributed by atoms with E-state index < -0.39 is 6.10 Å². The third-order valence-corrected chi connectivity index (χ3v) is 0.906. The summed E-state index contributed by atoms with van der Waals surface area (Å²) in [6.45, 7) is -0.128. The first-order valence-electron chi connectivity index (χ1n) is 2.71. The van der Waals surface area contributed by atoms with Crippen LogP contribution in [0.1, 0.15) is 12.8 Å². The van der Waals surface area contributed by atoms with Gasteiger partial charge in [0.05, 0.1) is 12.7 Å². The number of aliphatic hydroxyl groups is 3. The normalized spacial score (nSPS) is 12.3. The zero-order valence-corrected chi connectivity index (χ0v) is 6.81. The average Bonchev–Trinajstić information content (AvgIpc) is 1.83. The van der Waals surface area contributed by atoms with Crippen LogP contribution in [0.4, 0.5) is 0 Å². The molecular weight excluding hydrogens is 156 g/mol. The molecule has 0 aliphatic rings. The number of hydrogen-bond donors (Lipinski definition) is 3. The maximum Gasteiger partial charge on any atom is 0.0771 e. The zero-order valence-electron chi connectivity index (χ0n) is 5.25. The molecule has 0 heterocycles. The minimum Gasteiger partial charge on any atom is -0.396 e. The molecule has 0 saturated heterocycles. The van der Waals surface area contributed by atoms with Gasteiger partial charge < -0.3 is 15.3 Å². The van der Waals surface area contributed by atoms with E-state index in [0.29, 0.717) is 12.8 Å². The summed E-state index contributed by atoms with van der Waals surface area (Å²) >= 11 is 0. The molecule has 0 aliphatic heterocycles. The Bertz CT molecular complexity index is 51.5. The fourth-order valence-corrected chi connectivity index (χ4v) is 0.418. The molecule has 0 fully saturated rings. The van der Waals surface area contributed by atoms with Crippen molar-refractivity contribution in [1.82, 2.24) is 0 Å². The predicted molar refractivity (Wildman–Crippen MR) is 29.4 cm³/mol. The van der Waals surface area contributed by atoms with Crippen molar-refractivity contribution in [3.8, 4) is 0 Å². The Morgan fingerprint density at radius 1 is 1.22 bits per heavy atom.